The molecule has 0 aliphatic heterocycles. The van der Waals surface area contributed by atoms with Gasteiger partial charge >= 0.3 is 0 Å². The van der Waals surface area contributed by atoms with Crippen LogP contribution in [0.4, 0.5) is 5.82 Å². The van der Waals surface area contributed by atoms with Crippen LogP contribution in [0.25, 0.3) is 0 Å². The molecular weight excluding hydrogens is 250 g/mol. The number of hydrogen-bond donors (Lipinski definition) is 2. The average Bonchev–Trinajstić information content (AvgIpc) is 2.36. The van der Waals surface area contributed by atoms with E-state index in [-0.39, 0.29) is 11.9 Å². The van der Waals surface area contributed by atoms with Crippen LogP contribution >= 0.6 is 0 Å². The molecule has 1 fully saturated rings. The monoisotopic (exact) mass is 275 g/mol. The van der Waals surface area contributed by atoms with Gasteiger partial charge in [-0.05, 0) is 51.2 Å². The molecule has 1 aromatic rings. The van der Waals surface area contributed by atoms with E-state index in [0.29, 0.717) is 11.5 Å². The Kier molecular flexibility index (Phi) is 4.99. The second-order valence-electron chi connectivity index (χ2n) is 5.57. The van der Waals surface area contributed by atoms with Crippen LogP contribution < -0.4 is 10.6 Å². The largest absolute Gasteiger partial charge is 0.370 e. The van der Waals surface area contributed by atoms with Crippen LogP contribution in [0.5, 0.6) is 0 Å². The third-order valence-corrected chi connectivity index (χ3v) is 4.08. The highest BCUT2D eigenvalue weighted by atomic mass is 16.1. The lowest BCUT2D eigenvalue weighted by molar-refractivity contribution is 0.0909. The van der Waals surface area contributed by atoms with Gasteiger partial charge in [0.1, 0.15) is 5.82 Å². The summed E-state index contributed by atoms with van der Waals surface area (Å²) in [4.78, 5) is 16.8. The Morgan fingerprint density at radius 2 is 2.15 bits per heavy atom. The molecule has 1 atom stereocenters. The van der Waals surface area contributed by atoms with E-state index in [4.69, 9.17) is 0 Å². The van der Waals surface area contributed by atoms with Crippen LogP contribution in [-0.2, 0) is 6.42 Å². The predicted octanol–water partition coefficient (Wildman–Crippen LogP) is 2.99. The molecule has 1 unspecified atom stereocenters. The first-order valence-electron chi connectivity index (χ1n) is 7.69. The van der Waals surface area contributed by atoms with E-state index in [1.807, 2.05) is 19.1 Å². The average molecular weight is 275 g/mol. The van der Waals surface area contributed by atoms with Crippen molar-refractivity contribution >= 4 is 11.7 Å². The quantitative estimate of drug-likeness (QED) is 0.839. The molecule has 1 aliphatic rings. The van der Waals surface area contributed by atoms with Crippen molar-refractivity contribution in [3.63, 3.8) is 0 Å². The Hall–Kier alpha value is -1.58. The Labute approximate surface area is 121 Å². The minimum absolute atomic E-state index is 0.0145. The van der Waals surface area contributed by atoms with Crippen molar-refractivity contribution < 1.29 is 4.79 Å². The minimum Gasteiger partial charge on any atom is -0.370 e. The number of carbonyl (C=O) groups is 1. The first-order valence-corrected chi connectivity index (χ1v) is 7.69. The summed E-state index contributed by atoms with van der Waals surface area (Å²) in [7, 11) is 0. The Morgan fingerprint density at radius 3 is 2.70 bits per heavy atom. The summed E-state index contributed by atoms with van der Waals surface area (Å²) in [5, 5.41) is 6.31. The summed E-state index contributed by atoms with van der Waals surface area (Å²) >= 11 is 0. The van der Waals surface area contributed by atoms with Crippen molar-refractivity contribution in [2.24, 2.45) is 5.92 Å². The normalized spacial score (nSPS) is 16.4. The lowest BCUT2D eigenvalue weighted by atomic mass is 9.80. The van der Waals surface area contributed by atoms with Crippen molar-refractivity contribution in [3.8, 4) is 0 Å². The van der Waals surface area contributed by atoms with Gasteiger partial charge < -0.3 is 10.6 Å². The van der Waals surface area contributed by atoms with Gasteiger partial charge in [0, 0.05) is 23.8 Å². The van der Waals surface area contributed by atoms with Crippen molar-refractivity contribution in [2.75, 3.05) is 11.9 Å². The van der Waals surface area contributed by atoms with E-state index in [1.54, 1.807) is 0 Å². The topological polar surface area (TPSA) is 54.0 Å². The molecule has 1 amide bonds. The minimum atomic E-state index is 0.0145. The number of aryl methyl sites for hydroxylation is 1. The van der Waals surface area contributed by atoms with Gasteiger partial charge in [0.15, 0.2) is 0 Å². The molecule has 1 heterocycles. The maximum absolute atomic E-state index is 12.4. The van der Waals surface area contributed by atoms with E-state index >= 15 is 0 Å². The molecule has 0 spiro atoms. The van der Waals surface area contributed by atoms with E-state index in [1.165, 1.54) is 19.3 Å². The lowest BCUT2D eigenvalue weighted by Gasteiger charge is -2.31. The summed E-state index contributed by atoms with van der Waals surface area (Å²) in [6.07, 6.45) is 4.60. The SMILES string of the molecule is CCNc1cc(C(=O)NC(C)C2CCC2)cc(CC)n1. The van der Waals surface area contributed by atoms with Crippen LogP contribution in [0.3, 0.4) is 0 Å². The van der Waals surface area contributed by atoms with Crippen molar-refractivity contribution in [3.05, 3.63) is 23.4 Å². The van der Waals surface area contributed by atoms with Gasteiger partial charge in [-0.15, -0.1) is 0 Å². The number of hydrogen-bond acceptors (Lipinski definition) is 3. The van der Waals surface area contributed by atoms with E-state index in [2.05, 4.69) is 29.5 Å². The third-order valence-electron chi connectivity index (χ3n) is 4.08. The highest BCUT2D eigenvalue weighted by Crippen LogP contribution is 2.29. The molecule has 1 aliphatic carbocycles. The molecule has 0 saturated heterocycles. The second-order valence-corrected chi connectivity index (χ2v) is 5.57. The molecule has 1 aromatic heterocycles. The van der Waals surface area contributed by atoms with Crippen LogP contribution in [0.15, 0.2) is 12.1 Å². The highest BCUT2D eigenvalue weighted by molar-refractivity contribution is 5.95. The molecule has 1 saturated carbocycles. The van der Waals surface area contributed by atoms with Crippen LogP contribution in [-0.4, -0.2) is 23.5 Å². The van der Waals surface area contributed by atoms with Crippen molar-refractivity contribution in [1.29, 1.82) is 0 Å². The highest BCUT2D eigenvalue weighted by Gasteiger charge is 2.25. The van der Waals surface area contributed by atoms with Gasteiger partial charge in [0.05, 0.1) is 0 Å². The smallest absolute Gasteiger partial charge is 0.251 e. The number of carbonyl (C=O) groups excluding carboxylic acids is 1. The number of amides is 1. The fourth-order valence-electron chi connectivity index (χ4n) is 2.52. The predicted molar refractivity (Wildman–Crippen MR) is 82.0 cm³/mol. The number of rotatable bonds is 6. The first kappa shape index (κ1) is 14.8. The van der Waals surface area contributed by atoms with Crippen LogP contribution in [0.2, 0.25) is 0 Å². The molecule has 110 valence electrons. The maximum Gasteiger partial charge on any atom is 0.251 e. The van der Waals surface area contributed by atoms with Gasteiger partial charge in [-0.25, -0.2) is 4.98 Å². The summed E-state index contributed by atoms with van der Waals surface area (Å²) in [5.41, 5.74) is 1.66. The molecule has 2 rings (SSSR count). The van der Waals surface area contributed by atoms with E-state index in [9.17, 15) is 4.79 Å². The zero-order valence-electron chi connectivity index (χ0n) is 12.7. The lowest BCUT2D eigenvalue weighted by Crippen LogP contribution is -2.40. The first-order chi connectivity index (χ1) is 9.63. The summed E-state index contributed by atoms with van der Waals surface area (Å²) in [5.74, 6) is 1.45. The second kappa shape index (κ2) is 6.73. The van der Waals surface area contributed by atoms with E-state index in [0.717, 1.165) is 24.5 Å². The molecule has 4 heteroatoms. The molecular formula is C16H25N3O. The third kappa shape index (κ3) is 3.50. The molecule has 20 heavy (non-hydrogen) atoms. The number of nitrogens with one attached hydrogen (secondary N) is 2. The fraction of sp³-hybridized carbons (Fsp3) is 0.625. The summed E-state index contributed by atoms with van der Waals surface area (Å²) in [6.45, 7) is 6.99. The molecule has 2 N–H and O–H groups in total. The van der Waals surface area contributed by atoms with Crippen molar-refractivity contribution in [2.45, 2.75) is 52.5 Å². The zero-order valence-corrected chi connectivity index (χ0v) is 12.7. The Bertz CT molecular complexity index is 469. The van der Waals surface area contributed by atoms with Crippen molar-refractivity contribution in [1.82, 2.24) is 10.3 Å². The molecule has 0 radical (unpaired) electrons. The number of pyridine rings is 1. The maximum atomic E-state index is 12.4. The summed E-state index contributed by atoms with van der Waals surface area (Å²) in [6, 6.07) is 3.99. The summed E-state index contributed by atoms with van der Waals surface area (Å²) < 4.78 is 0. The number of nitrogens with zero attached hydrogens (tertiary/aromatic N) is 1. The van der Waals surface area contributed by atoms with Gasteiger partial charge in [0.2, 0.25) is 0 Å². The van der Waals surface area contributed by atoms with Crippen LogP contribution in [0, 0.1) is 5.92 Å². The molecule has 0 aromatic carbocycles. The fourth-order valence-corrected chi connectivity index (χ4v) is 2.52. The number of aromatic nitrogens is 1. The van der Waals surface area contributed by atoms with Gasteiger partial charge in [-0.3, -0.25) is 4.79 Å². The van der Waals surface area contributed by atoms with Gasteiger partial charge in [-0.2, -0.15) is 0 Å². The Balaban J connectivity index is 2.09. The Morgan fingerprint density at radius 1 is 1.40 bits per heavy atom. The van der Waals surface area contributed by atoms with Crippen LogP contribution in [0.1, 0.15) is 56.1 Å². The molecule has 0 bridgehead atoms. The number of anilines is 1. The molecule has 4 nitrogen and oxygen atoms in total. The van der Waals surface area contributed by atoms with E-state index < -0.39 is 0 Å². The standard InChI is InChI=1S/C16H25N3O/c1-4-14-9-13(10-15(19-14)17-5-2)16(20)18-11(3)12-7-6-8-12/h9-12H,4-8H2,1-3H3,(H,17,19)(H,18,20). The zero-order chi connectivity index (χ0) is 14.5. The van der Waals surface area contributed by atoms with Gasteiger partial charge in [-0.1, -0.05) is 13.3 Å². The van der Waals surface area contributed by atoms with Gasteiger partial charge in [0.25, 0.3) is 5.91 Å².